The van der Waals surface area contributed by atoms with Crippen LogP contribution in [0, 0.1) is 0 Å². The highest BCUT2D eigenvalue weighted by atomic mass is 16.2. The molecule has 1 aromatic heterocycles. The van der Waals surface area contributed by atoms with Crippen molar-refractivity contribution in [1.29, 1.82) is 0 Å². The second-order valence-electron chi connectivity index (χ2n) is 6.52. The fraction of sp³-hybridized carbons (Fsp3) is 0.238. The van der Waals surface area contributed by atoms with Crippen LogP contribution in [-0.2, 0) is 17.8 Å². The molecule has 25 heavy (non-hydrogen) atoms. The fourth-order valence-electron chi connectivity index (χ4n) is 3.54. The number of aromatic nitrogens is 2. The molecule has 0 saturated heterocycles. The van der Waals surface area contributed by atoms with Gasteiger partial charge in [0.25, 0.3) is 0 Å². The van der Waals surface area contributed by atoms with Gasteiger partial charge in [-0.2, -0.15) is 5.10 Å². The lowest BCUT2D eigenvalue weighted by molar-refractivity contribution is -0.132. The van der Waals surface area contributed by atoms with Crippen LogP contribution in [0.3, 0.4) is 0 Å². The van der Waals surface area contributed by atoms with Crippen molar-refractivity contribution in [3.63, 3.8) is 0 Å². The summed E-state index contributed by atoms with van der Waals surface area (Å²) in [6.45, 7) is 1.41. The number of amides is 1. The lowest BCUT2D eigenvalue weighted by Crippen LogP contribution is -2.36. The van der Waals surface area contributed by atoms with Crippen molar-refractivity contribution in [2.45, 2.75) is 25.3 Å². The monoisotopic (exact) mass is 331 g/mol. The number of H-pyrrole nitrogens is 1. The molecule has 4 heteroatoms. The third-order valence-electron chi connectivity index (χ3n) is 4.94. The molecule has 0 radical (unpaired) electrons. The van der Waals surface area contributed by atoms with Crippen molar-refractivity contribution in [1.82, 2.24) is 15.1 Å². The summed E-state index contributed by atoms with van der Waals surface area (Å²) in [7, 11) is 0. The summed E-state index contributed by atoms with van der Waals surface area (Å²) in [6, 6.07) is 20.6. The normalized spacial score (nSPS) is 13.7. The number of fused-ring (bicyclic) bond motifs is 1. The van der Waals surface area contributed by atoms with Crippen molar-refractivity contribution in [3.05, 3.63) is 89.2 Å². The first-order valence-electron chi connectivity index (χ1n) is 8.70. The van der Waals surface area contributed by atoms with E-state index in [1.807, 2.05) is 47.5 Å². The van der Waals surface area contributed by atoms with Crippen LogP contribution >= 0.6 is 0 Å². The first kappa shape index (κ1) is 15.6. The van der Waals surface area contributed by atoms with Crippen LogP contribution in [0.4, 0.5) is 0 Å². The minimum Gasteiger partial charge on any atom is -0.338 e. The Morgan fingerprint density at radius 2 is 1.68 bits per heavy atom. The summed E-state index contributed by atoms with van der Waals surface area (Å²) in [4.78, 5) is 14.9. The van der Waals surface area contributed by atoms with Gasteiger partial charge < -0.3 is 4.90 Å². The van der Waals surface area contributed by atoms with Gasteiger partial charge in [-0.15, -0.1) is 0 Å². The Morgan fingerprint density at radius 3 is 2.32 bits per heavy atom. The molecule has 4 rings (SSSR count). The van der Waals surface area contributed by atoms with E-state index >= 15 is 0 Å². The number of aromatic amines is 1. The number of hydrogen-bond acceptors (Lipinski definition) is 2. The molecule has 2 aromatic carbocycles. The Balaban J connectivity index is 1.56. The Bertz CT molecular complexity index is 802. The molecule has 0 fully saturated rings. The largest absolute Gasteiger partial charge is 0.338 e. The fourth-order valence-corrected chi connectivity index (χ4v) is 3.54. The Morgan fingerprint density at radius 1 is 1.04 bits per heavy atom. The first-order chi connectivity index (χ1) is 12.3. The molecule has 0 bridgehead atoms. The molecule has 0 atom stereocenters. The van der Waals surface area contributed by atoms with Crippen LogP contribution < -0.4 is 0 Å². The van der Waals surface area contributed by atoms with Crippen LogP contribution in [0.1, 0.15) is 34.7 Å². The van der Waals surface area contributed by atoms with E-state index in [2.05, 4.69) is 34.5 Å². The van der Waals surface area contributed by atoms with Crippen molar-refractivity contribution < 1.29 is 4.79 Å². The van der Waals surface area contributed by atoms with E-state index in [-0.39, 0.29) is 11.8 Å². The second-order valence-corrected chi connectivity index (χ2v) is 6.52. The second kappa shape index (κ2) is 6.93. The molecular weight excluding hydrogens is 310 g/mol. The summed E-state index contributed by atoms with van der Waals surface area (Å²) in [5, 5.41) is 7.11. The van der Waals surface area contributed by atoms with E-state index in [0.717, 1.165) is 24.2 Å². The molecule has 3 aromatic rings. The van der Waals surface area contributed by atoms with Gasteiger partial charge >= 0.3 is 0 Å². The highest BCUT2D eigenvalue weighted by molar-refractivity contribution is 5.78. The third kappa shape index (κ3) is 3.33. The number of benzene rings is 2. The minimum atomic E-state index is 0.0839. The van der Waals surface area contributed by atoms with Gasteiger partial charge in [0.2, 0.25) is 5.91 Å². The van der Waals surface area contributed by atoms with Gasteiger partial charge in [-0.3, -0.25) is 9.89 Å². The number of nitrogens with one attached hydrogen (secondary N) is 1. The van der Waals surface area contributed by atoms with Crippen LogP contribution in [-0.4, -0.2) is 27.5 Å². The lowest BCUT2D eigenvalue weighted by Gasteiger charge is -2.28. The summed E-state index contributed by atoms with van der Waals surface area (Å²) in [5.74, 6) is 0.283. The van der Waals surface area contributed by atoms with Gasteiger partial charge in [-0.05, 0) is 11.1 Å². The summed E-state index contributed by atoms with van der Waals surface area (Å²) in [5.41, 5.74) is 4.66. The summed E-state index contributed by atoms with van der Waals surface area (Å²) < 4.78 is 0. The van der Waals surface area contributed by atoms with Crippen molar-refractivity contribution in [3.8, 4) is 0 Å². The quantitative estimate of drug-likeness (QED) is 0.795. The molecule has 0 spiro atoms. The SMILES string of the molecule is O=C(CC(c1ccccc1)c1ccccc1)N1CCc2[nH]ncc2C1. The van der Waals surface area contributed by atoms with E-state index < -0.39 is 0 Å². The van der Waals surface area contributed by atoms with E-state index in [9.17, 15) is 4.79 Å². The predicted molar refractivity (Wildman–Crippen MR) is 97.1 cm³/mol. The van der Waals surface area contributed by atoms with E-state index in [1.54, 1.807) is 0 Å². The Kier molecular flexibility index (Phi) is 4.34. The summed E-state index contributed by atoms with van der Waals surface area (Å²) >= 11 is 0. The van der Waals surface area contributed by atoms with Gasteiger partial charge in [-0.1, -0.05) is 60.7 Å². The third-order valence-corrected chi connectivity index (χ3v) is 4.94. The maximum Gasteiger partial charge on any atom is 0.223 e. The van der Waals surface area contributed by atoms with Crippen molar-refractivity contribution in [2.75, 3.05) is 6.54 Å². The average molecular weight is 331 g/mol. The van der Waals surface area contributed by atoms with Crippen LogP contribution in [0.15, 0.2) is 66.9 Å². The zero-order valence-electron chi connectivity index (χ0n) is 14.1. The molecule has 1 amide bonds. The highest BCUT2D eigenvalue weighted by Crippen LogP contribution is 2.29. The number of carbonyl (C=O) groups excluding carboxylic acids is 1. The van der Waals surface area contributed by atoms with E-state index in [4.69, 9.17) is 0 Å². The van der Waals surface area contributed by atoms with Crippen molar-refractivity contribution in [2.24, 2.45) is 0 Å². The molecule has 0 saturated carbocycles. The van der Waals surface area contributed by atoms with Gasteiger partial charge in [0, 0.05) is 43.1 Å². The van der Waals surface area contributed by atoms with Gasteiger partial charge in [-0.25, -0.2) is 0 Å². The standard InChI is InChI=1S/C21H21N3O/c25-21(24-12-11-20-18(15-24)14-22-23-20)13-19(16-7-3-1-4-8-16)17-9-5-2-6-10-17/h1-10,14,19H,11-13,15H2,(H,22,23). The lowest BCUT2D eigenvalue weighted by atomic mass is 9.88. The van der Waals surface area contributed by atoms with Gasteiger partial charge in [0.15, 0.2) is 0 Å². The predicted octanol–water partition coefficient (Wildman–Crippen LogP) is 3.52. The average Bonchev–Trinajstić information content (AvgIpc) is 3.15. The van der Waals surface area contributed by atoms with Crippen LogP contribution in [0.2, 0.25) is 0 Å². The number of rotatable bonds is 4. The molecule has 4 nitrogen and oxygen atoms in total. The van der Waals surface area contributed by atoms with Crippen molar-refractivity contribution >= 4 is 5.91 Å². The molecule has 1 N–H and O–H groups in total. The Labute approximate surface area is 147 Å². The van der Waals surface area contributed by atoms with Crippen LogP contribution in [0.5, 0.6) is 0 Å². The number of hydrogen-bond donors (Lipinski definition) is 1. The highest BCUT2D eigenvalue weighted by Gasteiger charge is 2.25. The smallest absolute Gasteiger partial charge is 0.223 e. The van der Waals surface area contributed by atoms with Gasteiger partial charge in [0.05, 0.1) is 6.20 Å². The molecule has 0 aliphatic carbocycles. The van der Waals surface area contributed by atoms with E-state index in [1.165, 1.54) is 11.1 Å². The number of nitrogens with zero attached hydrogens (tertiary/aromatic N) is 2. The molecular formula is C21H21N3O. The number of carbonyl (C=O) groups is 1. The van der Waals surface area contributed by atoms with Gasteiger partial charge in [0.1, 0.15) is 0 Å². The molecule has 1 aliphatic rings. The van der Waals surface area contributed by atoms with Crippen LogP contribution in [0.25, 0.3) is 0 Å². The zero-order chi connectivity index (χ0) is 17.1. The summed E-state index contributed by atoms with van der Waals surface area (Å²) in [6.07, 6.45) is 3.17. The molecule has 0 unspecified atom stereocenters. The van der Waals surface area contributed by atoms with E-state index in [0.29, 0.717) is 13.0 Å². The minimum absolute atomic E-state index is 0.0839. The first-order valence-corrected chi connectivity index (χ1v) is 8.70. The maximum absolute atomic E-state index is 13.0. The molecule has 126 valence electrons. The zero-order valence-corrected chi connectivity index (χ0v) is 14.1. The maximum atomic E-state index is 13.0. The molecule has 1 aliphatic heterocycles. The molecule has 2 heterocycles. The topological polar surface area (TPSA) is 49.0 Å². The Hall–Kier alpha value is -2.88.